The third-order valence-electron chi connectivity index (χ3n) is 3.71. The highest BCUT2D eigenvalue weighted by molar-refractivity contribution is 5.46. The molecule has 19 heavy (non-hydrogen) atoms. The highest BCUT2D eigenvalue weighted by Crippen LogP contribution is 2.36. The summed E-state index contributed by atoms with van der Waals surface area (Å²) in [6, 6.07) is 10.8. The SMILES string of the molecule is Cc1nc(N)c2c(n1)CN(Cc1ccccc1)C2C. The lowest BCUT2D eigenvalue weighted by atomic mass is 10.1. The summed E-state index contributed by atoms with van der Waals surface area (Å²) >= 11 is 0. The number of hydrogen-bond donors (Lipinski definition) is 1. The van der Waals surface area contributed by atoms with Crippen molar-refractivity contribution in [3.05, 3.63) is 53.0 Å². The molecule has 1 aliphatic heterocycles. The highest BCUT2D eigenvalue weighted by Gasteiger charge is 2.30. The maximum Gasteiger partial charge on any atom is 0.132 e. The number of nitrogens with zero attached hydrogens (tertiary/aromatic N) is 3. The molecule has 2 N–H and O–H groups in total. The molecule has 0 amide bonds. The van der Waals surface area contributed by atoms with Crippen LogP contribution in [0, 0.1) is 6.92 Å². The molecular formula is C15H18N4. The van der Waals surface area contributed by atoms with Crippen LogP contribution in [0.4, 0.5) is 5.82 Å². The number of fused-ring (bicyclic) bond motifs is 1. The van der Waals surface area contributed by atoms with Gasteiger partial charge in [-0.3, -0.25) is 4.90 Å². The Hall–Kier alpha value is -1.94. The molecule has 1 unspecified atom stereocenters. The molecule has 4 heteroatoms. The number of nitrogens with two attached hydrogens (primary N) is 1. The van der Waals surface area contributed by atoms with Crippen LogP contribution in [0.5, 0.6) is 0 Å². The first-order valence-corrected chi connectivity index (χ1v) is 6.56. The molecule has 1 aromatic heterocycles. The number of nitrogen functional groups attached to an aromatic ring is 1. The van der Waals surface area contributed by atoms with E-state index in [2.05, 4.69) is 46.1 Å². The normalized spacial score (nSPS) is 18.5. The summed E-state index contributed by atoms with van der Waals surface area (Å²) in [5.41, 5.74) is 9.53. The fourth-order valence-electron chi connectivity index (χ4n) is 2.76. The lowest BCUT2D eigenvalue weighted by Gasteiger charge is -2.21. The number of hydrogen-bond acceptors (Lipinski definition) is 4. The Morgan fingerprint density at radius 3 is 2.74 bits per heavy atom. The first-order valence-electron chi connectivity index (χ1n) is 6.56. The van der Waals surface area contributed by atoms with Crippen LogP contribution in [0.2, 0.25) is 0 Å². The molecule has 1 aliphatic rings. The van der Waals surface area contributed by atoms with E-state index in [4.69, 9.17) is 5.73 Å². The van der Waals surface area contributed by atoms with E-state index in [9.17, 15) is 0 Å². The van der Waals surface area contributed by atoms with Crippen LogP contribution in [0.25, 0.3) is 0 Å². The summed E-state index contributed by atoms with van der Waals surface area (Å²) in [5, 5.41) is 0. The van der Waals surface area contributed by atoms with Crippen molar-refractivity contribution in [3.8, 4) is 0 Å². The van der Waals surface area contributed by atoms with Crippen molar-refractivity contribution in [3.63, 3.8) is 0 Å². The summed E-state index contributed by atoms with van der Waals surface area (Å²) in [5.74, 6) is 1.38. The molecule has 0 aliphatic carbocycles. The monoisotopic (exact) mass is 254 g/mol. The van der Waals surface area contributed by atoms with Crippen molar-refractivity contribution in [1.29, 1.82) is 0 Å². The average Bonchev–Trinajstić information content (AvgIpc) is 2.67. The summed E-state index contributed by atoms with van der Waals surface area (Å²) in [6.07, 6.45) is 0. The van der Waals surface area contributed by atoms with Crippen LogP contribution < -0.4 is 5.73 Å². The molecule has 1 aromatic carbocycles. The number of aryl methyl sites for hydroxylation is 1. The summed E-state index contributed by atoms with van der Waals surface area (Å²) < 4.78 is 0. The Kier molecular flexibility index (Phi) is 2.95. The maximum absolute atomic E-state index is 6.04. The van der Waals surface area contributed by atoms with Gasteiger partial charge in [0.25, 0.3) is 0 Å². The fraction of sp³-hybridized carbons (Fsp3) is 0.333. The van der Waals surface area contributed by atoms with E-state index >= 15 is 0 Å². The smallest absolute Gasteiger partial charge is 0.132 e. The second-order valence-electron chi connectivity index (χ2n) is 5.08. The highest BCUT2D eigenvalue weighted by atomic mass is 15.2. The van der Waals surface area contributed by atoms with Crippen molar-refractivity contribution in [2.24, 2.45) is 0 Å². The van der Waals surface area contributed by atoms with E-state index in [0.29, 0.717) is 5.82 Å². The van der Waals surface area contributed by atoms with Gasteiger partial charge in [-0.25, -0.2) is 9.97 Å². The van der Waals surface area contributed by atoms with Crippen molar-refractivity contribution in [1.82, 2.24) is 14.9 Å². The van der Waals surface area contributed by atoms with Gasteiger partial charge in [0.1, 0.15) is 11.6 Å². The molecule has 0 spiro atoms. The molecule has 0 fully saturated rings. The zero-order chi connectivity index (χ0) is 13.4. The van der Waals surface area contributed by atoms with Crippen LogP contribution in [-0.4, -0.2) is 14.9 Å². The molecule has 0 bridgehead atoms. The molecule has 0 radical (unpaired) electrons. The second kappa shape index (κ2) is 4.63. The van der Waals surface area contributed by atoms with Gasteiger partial charge in [-0.15, -0.1) is 0 Å². The van der Waals surface area contributed by atoms with Gasteiger partial charge in [-0.1, -0.05) is 30.3 Å². The molecular weight excluding hydrogens is 236 g/mol. The molecule has 1 atom stereocenters. The predicted octanol–water partition coefficient (Wildman–Crippen LogP) is 2.44. The van der Waals surface area contributed by atoms with Crippen LogP contribution in [0.15, 0.2) is 30.3 Å². The topological polar surface area (TPSA) is 55.0 Å². The van der Waals surface area contributed by atoms with Gasteiger partial charge in [0.05, 0.1) is 5.69 Å². The van der Waals surface area contributed by atoms with Gasteiger partial charge in [-0.2, -0.15) is 0 Å². The lowest BCUT2D eigenvalue weighted by Crippen LogP contribution is -2.19. The molecule has 0 saturated carbocycles. The fourth-order valence-corrected chi connectivity index (χ4v) is 2.76. The Labute approximate surface area is 113 Å². The summed E-state index contributed by atoms with van der Waals surface area (Å²) in [6.45, 7) is 5.82. The van der Waals surface area contributed by atoms with Gasteiger partial charge < -0.3 is 5.73 Å². The van der Waals surface area contributed by atoms with Crippen molar-refractivity contribution < 1.29 is 0 Å². The Morgan fingerprint density at radius 2 is 2.00 bits per heavy atom. The Morgan fingerprint density at radius 1 is 1.26 bits per heavy atom. The van der Waals surface area contributed by atoms with Gasteiger partial charge in [0, 0.05) is 24.7 Å². The van der Waals surface area contributed by atoms with E-state index in [-0.39, 0.29) is 6.04 Å². The zero-order valence-corrected chi connectivity index (χ0v) is 11.3. The average molecular weight is 254 g/mol. The van der Waals surface area contributed by atoms with Gasteiger partial charge in [-0.05, 0) is 19.4 Å². The minimum absolute atomic E-state index is 0.274. The van der Waals surface area contributed by atoms with Crippen molar-refractivity contribution in [2.45, 2.75) is 33.0 Å². The van der Waals surface area contributed by atoms with Crippen LogP contribution in [0.3, 0.4) is 0 Å². The van der Waals surface area contributed by atoms with Gasteiger partial charge in [0.2, 0.25) is 0 Å². The van der Waals surface area contributed by atoms with E-state index in [1.165, 1.54) is 5.56 Å². The van der Waals surface area contributed by atoms with Crippen LogP contribution in [0.1, 0.15) is 35.6 Å². The lowest BCUT2D eigenvalue weighted by molar-refractivity contribution is 0.219. The van der Waals surface area contributed by atoms with E-state index in [1.54, 1.807) is 0 Å². The quantitative estimate of drug-likeness (QED) is 0.894. The maximum atomic E-state index is 6.04. The molecule has 98 valence electrons. The van der Waals surface area contributed by atoms with Crippen LogP contribution in [-0.2, 0) is 13.1 Å². The number of rotatable bonds is 2. The molecule has 0 saturated heterocycles. The minimum Gasteiger partial charge on any atom is -0.383 e. The third-order valence-corrected chi connectivity index (χ3v) is 3.71. The molecule has 2 heterocycles. The minimum atomic E-state index is 0.274. The summed E-state index contributed by atoms with van der Waals surface area (Å²) in [7, 11) is 0. The van der Waals surface area contributed by atoms with E-state index in [0.717, 1.165) is 30.2 Å². The first-order chi connectivity index (χ1) is 9.15. The van der Waals surface area contributed by atoms with Crippen molar-refractivity contribution in [2.75, 3.05) is 5.73 Å². The Bertz CT molecular complexity index is 595. The molecule has 2 aromatic rings. The number of aromatic nitrogens is 2. The van der Waals surface area contributed by atoms with Crippen LogP contribution >= 0.6 is 0 Å². The van der Waals surface area contributed by atoms with E-state index in [1.807, 2.05) is 13.0 Å². The first kappa shape index (κ1) is 12.1. The zero-order valence-electron chi connectivity index (χ0n) is 11.3. The second-order valence-corrected chi connectivity index (χ2v) is 5.08. The standard InChI is InChI=1S/C15H18N4/c1-10-14-13(17-11(2)18-15(14)16)9-19(10)8-12-6-4-3-5-7-12/h3-7,10H,8-9H2,1-2H3,(H2,16,17,18). The van der Waals surface area contributed by atoms with Gasteiger partial charge >= 0.3 is 0 Å². The molecule has 4 nitrogen and oxygen atoms in total. The summed E-state index contributed by atoms with van der Waals surface area (Å²) in [4.78, 5) is 11.2. The van der Waals surface area contributed by atoms with E-state index < -0.39 is 0 Å². The Balaban J connectivity index is 1.87. The van der Waals surface area contributed by atoms with Gasteiger partial charge in [0.15, 0.2) is 0 Å². The predicted molar refractivity (Wildman–Crippen MR) is 75.3 cm³/mol. The molecule has 3 rings (SSSR count). The third kappa shape index (κ3) is 2.19. The number of anilines is 1. The number of benzene rings is 1. The largest absolute Gasteiger partial charge is 0.383 e. The van der Waals surface area contributed by atoms with Crippen molar-refractivity contribution >= 4 is 5.82 Å².